The second-order valence-corrected chi connectivity index (χ2v) is 4.16. The average molecular weight is 233 g/mol. The number of aryl methyl sites for hydroxylation is 2. The Morgan fingerprint density at radius 2 is 2.29 bits per heavy atom. The first-order valence-corrected chi connectivity index (χ1v) is 6.07. The summed E-state index contributed by atoms with van der Waals surface area (Å²) in [5.41, 5.74) is 9.50. The van der Waals surface area contributed by atoms with Crippen molar-refractivity contribution in [2.75, 3.05) is 0 Å². The molecule has 92 valence electrons. The van der Waals surface area contributed by atoms with Crippen molar-refractivity contribution in [3.8, 4) is 0 Å². The van der Waals surface area contributed by atoms with Crippen molar-refractivity contribution in [2.24, 2.45) is 5.73 Å². The van der Waals surface area contributed by atoms with Crippen LogP contribution in [0.3, 0.4) is 0 Å². The van der Waals surface area contributed by atoms with Crippen LogP contribution in [-0.4, -0.2) is 9.78 Å². The van der Waals surface area contributed by atoms with Gasteiger partial charge in [0.25, 0.3) is 0 Å². The minimum absolute atomic E-state index is 0.0274. The highest BCUT2D eigenvalue weighted by Gasteiger charge is 2.12. The van der Waals surface area contributed by atoms with Crippen LogP contribution < -0.4 is 5.73 Å². The third-order valence-electron chi connectivity index (χ3n) is 2.98. The monoisotopic (exact) mass is 233 g/mol. The molecule has 0 aliphatic carbocycles. The Bertz CT molecular complexity index is 459. The molecule has 2 rings (SSSR count). The summed E-state index contributed by atoms with van der Waals surface area (Å²) in [6.07, 6.45) is 5.11. The maximum atomic E-state index is 6.14. The Morgan fingerprint density at radius 3 is 2.88 bits per heavy atom. The lowest BCUT2D eigenvalue weighted by atomic mass is 10.1. The first-order valence-electron chi connectivity index (χ1n) is 6.07. The standard InChI is InChI=1S/C13H19N3O/c1-3-11-7-12(16(4-2)15-11)8-13(14)10-5-6-17-9-10/h5-7,9,13H,3-4,8,14H2,1-2H3. The molecule has 0 aliphatic heterocycles. The van der Waals surface area contributed by atoms with Gasteiger partial charge in [0.2, 0.25) is 0 Å². The summed E-state index contributed by atoms with van der Waals surface area (Å²) < 4.78 is 7.08. The smallest absolute Gasteiger partial charge is 0.0950 e. The van der Waals surface area contributed by atoms with Gasteiger partial charge in [-0.2, -0.15) is 5.10 Å². The van der Waals surface area contributed by atoms with E-state index in [9.17, 15) is 0 Å². The minimum atomic E-state index is -0.0274. The molecular formula is C13H19N3O. The first kappa shape index (κ1) is 11.9. The van der Waals surface area contributed by atoms with Crippen LogP contribution in [0.15, 0.2) is 29.1 Å². The molecule has 1 unspecified atom stereocenters. The van der Waals surface area contributed by atoms with Crippen LogP contribution in [0.5, 0.6) is 0 Å². The number of nitrogens with zero attached hydrogens (tertiary/aromatic N) is 2. The number of nitrogens with two attached hydrogens (primary N) is 1. The molecule has 0 bridgehead atoms. The fourth-order valence-electron chi connectivity index (χ4n) is 1.95. The van der Waals surface area contributed by atoms with Gasteiger partial charge < -0.3 is 10.2 Å². The van der Waals surface area contributed by atoms with E-state index in [4.69, 9.17) is 10.2 Å². The lowest BCUT2D eigenvalue weighted by Gasteiger charge is -2.10. The lowest BCUT2D eigenvalue weighted by molar-refractivity contribution is 0.552. The molecule has 2 aromatic rings. The number of hydrogen-bond acceptors (Lipinski definition) is 3. The molecule has 0 spiro atoms. The lowest BCUT2D eigenvalue weighted by Crippen LogP contribution is -2.15. The van der Waals surface area contributed by atoms with Crippen LogP contribution in [0.25, 0.3) is 0 Å². The van der Waals surface area contributed by atoms with Crippen molar-refractivity contribution in [1.82, 2.24) is 9.78 Å². The summed E-state index contributed by atoms with van der Waals surface area (Å²) in [4.78, 5) is 0. The van der Waals surface area contributed by atoms with Gasteiger partial charge in [0.1, 0.15) is 0 Å². The molecule has 0 saturated carbocycles. The fraction of sp³-hybridized carbons (Fsp3) is 0.462. The van der Waals surface area contributed by atoms with Crippen molar-refractivity contribution in [3.63, 3.8) is 0 Å². The molecule has 17 heavy (non-hydrogen) atoms. The number of hydrogen-bond donors (Lipinski definition) is 1. The molecule has 0 saturated heterocycles. The Labute approximate surface area is 101 Å². The summed E-state index contributed by atoms with van der Waals surface area (Å²) in [5, 5.41) is 4.52. The zero-order valence-corrected chi connectivity index (χ0v) is 10.4. The molecule has 4 heteroatoms. The van der Waals surface area contributed by atoms with Gasteiger partial charge in [-0.1, -0.05) is 6.92 Å². The van der Waals surface area contributed by atoms with E-state index in [1.54, 1.807) is 12.5 Å². The molecule has 2 aromatic heterocycles. The normalized spacial score (nSPS) is 12.9. The maximum absolute atomic E-state index is 6.14. The predicted molar refractivity (Wildman–Crippen MR) is 66.6 cm³/mol. The van der Waals surface area contributed by atoms with Gasteiger partial charge in [-0.3, -0.25) is 4.68 Å². The third kappa shape index (κ3) is 2.58. The van der Waals surface area contributed by atoms with Crippen molar-refractivity contribution in [1.29, 1.82) is 0 Å². The van der Waals surface area contributed by atoms with E-state index in [2.05, 4.69) is 25.0 Å². The Balaban J connectivity index is 2.15. The van der Waals surface area contributed by atoms with Crippen LogP contribution in [0.2, 0.25) is 0 Å². The van der Waals surface area contributed by atoms with E-state index in [1.165, 1.54) is 5.69 Å². The fourth-order valence-corrected chi connectivity index (χ4v) is 1.95. The highest BCUT2D eigenvalue weighted by molar-refractivity contribution is 5.17. The zero-order valence-electron chi connectivity index (χ0n) is 10.4. The van der Waals surface area contributed by atoms with Gasteiger partial charge >= 0.3 is 0 Å². The average Bonchev–Trinajstić information content (AvgIpc) is 2.97. The third-order valence-corrected chi connectivity index (χ3v) is 2.98. The number of furan rings is 1. The van der Waals surface area contributed by atoms with Gasteiger partial charge in [-0.25, -0.2) is 0 Å². The van der Waals surface area contributed by atoms with Crippen LogP contribution in [0.4, 0.5) is 0 Å². The molecule has 0 amide bonds. The first-order chi connectivity index (χ1) is 8.24. The molecule has 0 fully saturated rings. The summed E-state index contributed by atoms with van der Waals surface area (Å²) >= 11 is 0. The van der Waals surface area contributed by atoms with Crippen LogP contribution >= 0.6 is 0 Å². The molecule has 0 radical (unpaired) electrons. The van der Waals surface area contributed by atoms with Gasteiger partial charge in [0.15, 0.2) is 0 Å². The van der Waals surface area contributed by atoms with E-state index in [-0.39, 0.29) is 6.04 Å². The topological polar surface area (TPSA) is 57.0 Å². The highest BCUT2D eigenvalue weighted by atomic mass is 16.3. The van der Waals surface area contributed by atoms with E-state index in [1.807, 2.05) is 10.7 Å². The van der Waals surface area contributed by atoms with Crippen LogP contribution in [0.1, 0.15) is 36.8 Å². The van der Waals surface area contributed by atoms with Crippen molar-refractivity contribution >= 4 is 0 Å². The van der Waals surface area contributed by atoms with Crippen molar-refractivity contribution < 1.29 is 4.42 Å². The summed E-state index contributed by atoms with van der Waals surface area (Å²) in [5.74, 6) is 0. The largest absolute Gasteiger partial charge is 0.472 e. The van der Waals surface area contributed by atoms with Crippen molar-refractivity contribution in [2.45, 2.75) is 39.3 Å². The maximum Gasteiger partial charge on any atom is 0.0950 e. The SMILES string of the molecule is CCc1cc(CC(N)c2ccoc2)n(CC)n1. The highest BCUT2D eigenvalue weighted by Crippen LogP contribution is 2.17. The van der Waals surface area contributed by atoms with E-state index in [0.29, 0.717) is 0 Å². The minimum Gasteiger partial charge on any atom is -0.472 e. The zero-order chi connectivity index (χ0) is 12.3. The Hall–Kier alpha value is -1.55. The van der Waals surface area contributed by atoms with Gasteiger partial charge in [0, 0.05) is 30.3 Å². The Kier molecular flexibility index (Phi) is 3.64. The number of aromatic nitrogens is 2. The molecule has 1 atom stereocenters. The molecule has 0 aromatic carbocycles. The summed E-state index contributed by atoms with van der Waals surface area (Å²) in [7, 11) is 0. The van der Waals surface area contributed by atoms with Crippen LogP contribution in [-0.2, 0) is 19.4 Å². The van der Waals surface area contributed by atoms with E-state index < -0.39 is 0 Å². The Morgan fingerprint density at radius 1 is 1.47 bits per heavy atom. The quantitative estimate of drug-likeness (QED) is 0.862. The molecule has 2 heterocycles. The van der Waals surface area contributed by atoms with Gasteiger partial charge in [-0.15, -0.1) is 0 Å². The van der Waals surface area contributed by atoms with Gasteiger partial charge in [0.05, 0.1) is 18.2 Å². The molecule has 2 N–H and O–H groups in total. The number of rotatable bonds is 5. The summed E-state index contributed by atoms with van der Waals surface area (Å²) in [6, 6.07) is 4.03. The molecule has 4 nitrogen and oxygen atoms in total. The van der Waals surface area contributed by atoms with Crippen LogP contribution in [0, 0.1) is 0 Å². The molecular weight excluding hydrogens is 214 g/mol. The van der Waals surface area contributed by atoms with Gasteiger partial charge in [-0.05, 0) is 25.5 Å². The second-order valence-electron chi connectivity index (χ2n) is 4.16. The van der Waals surface area contributed by atoms with E-state index >= 15 is 0 Å². The molecule has 0 aliphatic rings. The summed E-state index contributed by atoms with van der Waals surface area (Å²) in [6.45, 7) is 5.09. The second kappa shape index (κ2) is 5.19. The predicted octanol–water partition coefficient (Wildman–Crippen LogP) is 2.30. The van der Waals surface area contributed by atoms with Crippen molar-refractivity contribution in [3.05, 3.63) is 41.6 Å². The van der Waals surface area contributed by atoms with E-state index in [0.717, 1.165) is 30.6 Å².